The fraction of sp³-hybridized carbons (Fsp3) is 0.346. The maximum Gasteiger partial charge on any atom is 0.251 e. The number of thioether (sulfide) groups is 1. The minimum absolute atomic E-state index is 0.105. The van der Waals surface area contributed by atoms with Crippen molar-refractivity contribution in [3.8, 4) is 11.5 Å². The first-order valence-electron chi connectivity index (χ1n) is 11.5. The molecule has 1 heterocycles. The summed E-state index contributed by atoms with van der Waals surface area (Å²) < 4.78 is 10.6. The molecule has 0 spiro atoms. The van der Waals surface area contributed by atoms with Gasteiger partial charge in [0, 0.05) is 37.0 Å². The van der Waals surface area contributed by atoms with Crippen LogP contribution in [0.5, 0.6) is 11.5 Å². The highest BCUT2D eigenvalue weighted by Gasteiger charge is 2.10. The minimum atomic E-state index is -0.105. The summed E-state index contributed by atoms with van der Waals surface area (Å²) in [7, 11) is 3.22. The Morgan fingerprint density at radius 2 is 1.66 bits per heavy atom. The van der Waals surface area contributed by atoms with Crippen molar-refractivity contribution in [3.05, 3.63) is 70.4 Å². The van der Waals surface area contributed by atoms with E-state index in [9.17, 15) is 4.79 Å². The van der Waals surface area contributed by atoms with E-state index in [2.05, 4.69) is 34.0 Å². The molecule has 0 fully saturated rings. The second kappa shape index (κ2) is 13.2. The van der Waals surface area contributed by atoms with E-state index in [0.29, 0.717) is 46.1 Å². The number of rotatable bonds is 12. The van der Waals surface area contributed by atoms with Gasteiger partial charge in [0.2, 0.25) is 0 Å². The van der Waals surface area contributed by atoms with Crippen LogP contribution in [0.2, 0.25) is 5.15 Å². The molecule has 186 valence electrons. The van der Waals surface area contributed by atoms with Gasteiger partial charge in [-0.3, -0.25) is 4.79 Å². The van der Waals surface area contributed by atoms with E-state index in [0.717, 1.165) is 30.0 Å². The van der Waals surface area contributed by atoms with E-state index in [-0.39, 0.29) is 5.91 Å². The molecule has 2 aromatic carbocycles. The topological polar surface area (TPSA) is 76.6 Å². The van der Waals surface area contributed by atoms with Crippen LogP contribution in [-0.4, -0.2) is 49.7 Å². The van der Waals surface area contributed by atoms with Gasteiger partial charge < -0.3 is 19.7 Å². The average molecular weight is 515 g/mol. The van der Waals surface area contributed by atoms with Crippen LogP contribution in [0.1, 0.15) is 35.3 Å². The maximum atomic E-state index is 12.5. The number of hydrogen-bond acceptors (Lipinski definition) is 7. The third-order valence-electron chi connectivity index (χ3n) is 5.48. The van der Waals surface area contributed by atoms with Crippen molar-refractivity contribution in [3.63, 3.8) is 0 Å². The number of ether oxygens (including phenoxy) is 2. The number of amides is 1. The molecule has 0 aliphatic carbocycles. The zero-order valence-corrected chi connectivity index (χ0v) is 22.1. The van der Waals surface area contributed by atoms with E-state index in [1.807, 2.05) is 42.5 Å². The Labute approximate surface area is 216 Å². The van der Waals surface area contributed by atoms with E-state index >= 15 is 0 Å². The number of anilines is 1. The highest BCUT2D eigenvalue weighted by atomic mass is 35.5. The maximum absolute atomic E-state index is 12.5. The fourth-order valence-electron chi connectivity index (χ4n) is 3.52. The molecular formula is C26H31ClN4O3S. The van der Waals surface area contributed by atoms with Gasteiger partial charge in [-0.25, -0.2) is 9.97 Å². The summed E-state index contributed by atoms with van der Waals surface area (Å²) in [5, 5.41) is 4.04. The molecule has 9 heteroatoms. The van der Waals surface area contributed by atoms with Crippen molar-refractivity contribution in [1.82, 2.24) is 15.3 Å². The first-order chi connectivity index (χ1) is 17.0. The van der Waals surface area contributed by atoms with E-state index in [4.69, 9.17) is 21.1 Å². The summed E-state index contributed by atoms with van der Waals surface area (Å²) in [6.07, 6.45) is 0.690. The predicted molar refractivity (Wildman–Crippen MR) is 142 cm³/mol. The first kappa shape index (κ1) is 26.6. The van der Waals surface area contributed by atoms with Crippen molar-refractivity contribution >= 4 is 35.1 Å². The Hall–Kier alpha value is -2.97. The Kier molecular flexibility index (Phi) is 10.0. The van der Waals surface area contributed by atoms with Crippen LogP contribution in [0.4, 0.5) is 5.82 Å². The number of aromatic nitrogens is 2. The minimum Gasteiger partial charge on any atom is -0.493 e. The Morgan fingerprint density at radius 1 is 0.971 bits per heavy atom. The van der Waals surface area contributed by atoms with Gasteiger partial charge in [0.15, 0.2) is 16.7 Å². The molecule has 3 aromatic rings. The lowest BCUT2D eigenvalue weighted by Gasteiger charge is -2.20. The average Bonchev–Trinajstić information content (AvgIpc) is 2.88. The predicted octanol–water partition coefficient (Wildman–Crippen LogP) is 5.26. The molecule has 1 amide bonds. The highest BCUT2D eigenvalue weighted by Crippen LogP contribution is 2.28. The lowest BCUT2D eigenvalue weighted by molar-refractivity contribution is 0.0954. The number of halogens is 1. The summed E-state index contributed by atoms with van der Waals surface area (Å²) in [6.45, 7) is 6.39. The van der Waals surface area contributed by atoms with Gasteiger partial charge in [-0.15, -0.1) is 0 Å². The summed E-state index contributed by atoms with van der Waals surface area (Å²) in [6, 6.07) is 15.1. The molecule has 0 bridgehead atoms. The van der Waals surface area contributed by atoms with Crippen LogP contribution in [0.3, 0.4) is 0 Å². The smallest absolute Gasteiger partial charge is 0.251 e. The third-order valence-corrected chi connectivity index (χ3v) is 6.59. The molecule has 1 N–H and O–H groups in total. The third kappa shape index (κ3) is 7.50. The monoisotopic (exact) mass is 514 g/mol. The van der Waals surface area contributed by atoms with Crippen LogP contribution in [0.25, 0.3) is 0 Å². The molecule has 0 aliphatic rings. The van der Waals surface area contributed by atoms with Gasteiger partial charge in [-0.1, -0.05) is 41.6 Å². The van der Waals surface area contributed by atoms with E-state index in [1.165, 1.54) is 11.8 Å². The lowest BCUT2D eigenvalue weighted by Crippen LogP contribution is -2.25. The summed E-state index contributed by atoms with van der Waals surface area (Å²) in [5.41, 5.74) is 2.75. The number of benzene rings is 2. The Bertz CT molecular complexity index is 1120. The second-order valence-corrected chi connectivity index (χ2v) is 9.01. The van der Waals surface area contributed by atoms with Gasteiger partial charge in [-0.2, -0.15) is 0 Å². The number of nitrogens with one attached hydrogen (secondary N) is 1. The van der Waals surface area contributed by atoms with Crippen LogP contribution >= 0.6 is 23.4 Å². The molecule has 0 aliphatic heterocycles. The van der Waals surface area contributed by atoms with Gasteiger partial charge >= 0.3 is 0 Å². The second-order valence-electron chi connectivity index (χ2n) is 7.68. The van der Waals surface area contributed by atoms with Crippen molar-refractivity contribution in [2.75, 3.05) is 38.8 Å². The van der Waals surface area contributed by atoms with Crippen LogP contribution < -0.4 is 19.7 Å². The van der Waals surface area contributed by atoms with Gasteiger partial charge in [0.25, 0.3) is 5.91 Å². The number of nitrogens with zero attached hydrogens (tertiary/aromatic N) is 3. The van der Waals surface area contributed by atoms with Crippen molar-refractivity contribution in [2.45, 2.75) is 31.2 Å². The van der Waals surface area contributed by atoms with Crippen LogP contribution in [0.15, 0.2) is 53.7 Å². The molecule has 0 saturated carbocycles. The standard InChI is InChI=1S/C26H31ClN4O3S/c1-5-31(6-2)24-16-23(27)29-26(30-24)35-17-19-7-10-20(11-8-19)25(32)28-14-13-18-9-12-21(33-3)22(15-18)34-4/h7-12,15-16H,5-6,13-14,17H2,1-4H3,(H,28,32). The summed E-state index contributed by atoms with van der Waals surface area (Å²) >= 11 is 7.73. The van der Waals surface area contributed by atoms with E-state index in [1.54, 1.807) is 20.3 Å². The lowest BCUT2D eigenvalue weighted by atomic mass is 10.1. The molecule has 0 atom stereocenters. The molecule has 35 heavy (non-hydrogen) atoms. The van der Waals surface area contributed by atoms with Crippen LogP contribution in [-0.2, 0) is 12.2 Å². The van der Waals surface area contributed by atoms with Crippen molar-refractivity contribution in [1.29, 1.82) is 0 Å². The quantitative estimate of drug-likeness (QED) is 0.201. The molecule has 0 unspecified atom stereocenters. The molecule has 0 saturated heterocycles. The largest absolute Gasteiger partial charge is 0.493 e. The van der Waals surface area contributed by atoms with Gasteiger partial charge in [0.05, 0.1) is 14.2 Å². The van der Waals surface area contributed by atoms with E-state index < -0.39 is 0 Å². The summed E-state index contributed by atoms with van der Waals surface area (Å²) in [4.78, 5) is 23.6. The molecular weight excluding hydrogens is 484 g/mol. The number of carbonyl (C=O) groups is 1. The van der Waals surface area contributed by atoms with Crippen molar-refractivity contribution < 1.29 is 14.3 Å². The Morgan fingerprint density at radius 3 is 2.31 bits per heavy atom. The molecule has 7 nitrogen and oxygen atoms in total. The van der Waals surface area contributed by atoms with Gasteiger partial charge in [-0.05, 0) is 55.7 Å². The molecule has 1 aromatic heterocycles. The highest BCUT2D eigenvalue weighted by molar-refractivity contribution is 7.98. The van der Waals surface area contributed by atoms with Crippen LogP contribution in [0, 0.1) is 0 Å². The van der Waals surface area contributed by atoms with Gasteiger partial charge in [0.1, 0.15) is 11.0 Å². The zero-order valence-electron chi connectivity index (χ0n) is 20.5. The number of hydrogen-bond donors (Lipinski definition) is 1. The Balaban J connectivity index is 1.52. The first-order valence-corrected chi connectivity index (χ1v) is 12.8. The SMILES string of the molecule is CCN(CC)c1cc(Cl)nc(SCc2ccc(C(=O)NCCc3ccc(OC)c(OC)c3)cc2)n1. The molecule has 0 radical (unpaired) electrons. The zero-order chi connectivity index (χ0) is 25.2. The molecule has 3 rings (SSSR count). The fourth-order valence-corrected chi connectivity index (χ4v) is 4.56. The van der Waals surface area contributed by atoms with Crippen molar-refractivity contribution in [2.24, 2.45) is 0 Å². The number of carbonyl (C=O) groups excluding carboxylic acids is 1. The summed E-state index contributed by atoms with van der Waals surface area (Å²) in [5.74, 6) is 2.77. The number of methoxy groups -OCH3 is 2. The normalized spacial score (nSPS) is 10.7.